The first kappa shape index (κ1) is 16.1. The molecule has 20 heavy (non-hydrogen) atoms. The summed E-state index contributed by atoms with van der Waals surface area (Å²) in [6.07, 6.45) is 9.55. The van der Waals surface area contributed by atoms with E-state index in [4.69, 9.17) is 23.2 Å². The van der Waals surface area contributed by atoms with Crippen LogP contribution in [-0.4, -0.2) is 6.54 Å². The molecule has 0 spiro atoms. The van der Waals surface area contributed by atoms with Gasteiger partial charge in [-0.3, -0.25) is 0 Å². The molecule has 0 bridgehead atoms. The maximum atomic E-state index is 6.36. The summed E-state index contributed by atoms with van der Waals surface area (Å²) >= 11 is 12.3. The van der Waals surface area contributed by atoms with E-state index in [2.05, 4.69) is 18.3 Å². The van der Waals surface area contributed by atoms with Gasteiger partial charge in [-0.25, -0.2) is 0 Å². The average Bonchev–Trinajstić information content (AvgIpc) is 2.45. The highest BCUT2D eigenvalue weighted by molar-refractivity contribution is 6.35. The first-order valence-electron chi connectivity index (χ1n) is 7.89. The third-order valence-corrected chi connectivity index (χ3v) is 4.94. The maximum absolute atomic E-state index is 6.36. The normalized spacial score (nSPS) is 18.1. The van der Waals surface area contributed by atoms with Crippen molar-refractivity contribution in [2.75, 3.05) is 6.54 Å². The van der Waals surface area contributed by atoms with Gasteiger partial charge >= 0.3 is 0 Å². The molecule has 0 radical (unpaired) electrons. The quantitative estimate of drug-likeness (QED) is 0.678. The second kappa shape index (κ2) is 8.26. The minimum Gasteiger partial charge on any atom is -0.310 e. The molecule has 0 heterocycles. The van der Waals surface area contributed by atoms with Gasteiger partial charge in [-0.2, -0.15) is 0 Å². The van der Waals surface area contributed by atoms with E-state index in [1.807, 2.05) is 12.1 Å². The fraction of sp³-hybridized carbons (Fsp3) is 0.647. The molecular formula is C17H25Cl2N. The van der Waals surface area contributed by atoms with E-state index in [9.17, 15) is 0 Å². The number of nitrogens with one attached hydrogen (secondary N) is 1. The first-order chi connectivity index (χ1) is 9.70. The number of rotatable bonds is 6. The van der Waals surface area contributed by atoms with E-state index in [1.54, 1.807) is 0 Å². The van der Waals surface area contributed by atoms with Crippen LogP contribution < -0.4 is 5.32 Å². The standard InChI is InChI=1S/C17H25Cl2N/c1-2-20-17(11-8-13-6-4-3-5-7-13)15-10-9-14(18)12-16(15)19/h9-10,12-13,17,20H,2-8,11H2,1H3. The van der Waals surface area contributed by atoms with Crippen LogP contribution in [0.1, 0.15) is 63.5 Å². The second-order valence-electron chi connectivity index (χ2n) is 5.86. The molecule has 1 unspecified atom stereocenters. The second-order valence-corrected chi connectivity index (χ2v) is 6.70. The Morgan fingerprint density at radius 1 is 1.20 bits per heavy atom. The van der Waals surface area contributed by atoms with Crippen LogP contribution in [0, 0.1) is 5.92 Å². The largest absolute Gasteiger partial charge is 0.310 e. The van der Waals surface area contributed by atoms with Crippen molar-refractivity contribution < 1.29 is 0 Å². The molecule has 1 aliphatic rings. The minimum absolute atomic E-state index is 0.353. The highest BCUT2D eigenvalue weighted by atomic mass is 35.5. The molecule has 1 saturated carbocycles. The molecule has 3 heteroatoms. The molecule has 0 aliphatic heterocycles. The van der Waals surface area contributed by atoms with Crippen molar-refractivity contribution >= 4 is 23.2 Å². The molecule has 1 N–H and O–H groups in total. The predicted molar refractivity (Wildman–Crippen MR) is 88.7 cm³/mol. The smallest absolute Gasteiger partial charge is 0.0468 e. The van der Waals surface area contributed by atoms with E-state index in [-0.39, 0.29) is 0 Å². The zero-order valence-electron chi connectivity index (χ0n) is 12.3. The van der Waals surface area contributed by atoms with Gasteiger partial charge in [-0.15, -0.1) is 0 Å². The summed E-state index contributed by atoms with van der Waals surface area (Å²) in [6.45, 7) is 3.12. The number of benzene rings is 1. The van der Waals surface area contributed by atoms with E-state index in [0.29, 0.717) is 11.1 Å². The Morgan fingerprint density at radius 3 is 2.60 bits per heavy atom. The van der Waals surface area contributed by atoms with Crippen LogP contribution in [0.25, 0.3) is 0 Å². The molecule has 112 valence electrons. The summed E-state index contributed by atoms with van der Waals surface area (Å²) in [5.41, 5.74) is 1.19. The van der Waals surface area contributed by atoms with Gasteiger partial charge in [0.05, 0.1) is 0 Å². The lowest BCUT2D eigenvalue weighted by Gasteiger charge is -2.25. The van der Waals surface area contributed by atoms with E-state index in [0.717, 1.165) is 17.5 Å². The van der Waals surface area contributed by atoms with Gasteiger partial charge in [0.15, 0.2) is 0 Å². The molecule has 2 rings (SSSR count). The van der Waals surface area contributed by atoms with Crippen LogP contribution in [0.4, 0.5) is 0 Å². The molecular weight excluding hydrogens is 289 g/mol. The van der Waals surface area contributed by atoms with E-state index < -0.39 is 0 Å². The summed E-state index contributed by atoms with van der Waals surface area (Å²) < 4.78 is 0. The lowest BCUT2D eigenvalue weighted by molar-refractivity contribution is 0.315. The van der Waals surface area contributed by atoms with Gasteiger partial charge in [0.2, 0.25) is 0 Å². The molecule has 0 aromatic heterocycles. The van der Waals surface area contributed by atoms with Crippen LogP contribution in [0.3, 0.4) is 0 Å². The van der Waals surface area contributed by atoms with Gasteiger partial charge < -0.3 is 5.32 Å². The fourth-order valence-electron chi connectivity index (χ4n) is 3.28. The van der Waals surface area contributed by atoms with Crippen LogP contribution in [0.5, 0.6) is 0 Å². The molecule has 1 nitrogen and oxygen atoms in total. The van der Waals surface area contributed by atoms with Crippen molar-refractivity contribution in [1.82, 2.24) is 5.32 Å². The molecule has 0 saturated heterocycles. The van der Waals surface area contributed by atoms with Crippen molar-refractivity contribution in [1.29, 1.82) is 0 Å². The molecule has 1 fully saturated rings. The maximum Gasteiger partial charge on any atom is 0.0468 e. The van der Waals surface area contributed by atoms with Crippen LogP contribution in [0.15, 0.2) is 18.2 Å². The zero-order valence-corrected chi connectivity index (χ0v) is 13.8. The lowest BCUT2D eigenvalue weighted by atomic mass is 9.84. The van der Waals surface area contributed by atoms with Crippen molar-refractivity contribution in [2.24, 2.45) is 5.92 Å². The third kappa shape index (κ3) is 4.65. The van der Waals surface area contributed by atoms with Crippen molar-refractivity contribution in [3.63, 3.8) is 0 Å². The Bertz CT molecular complexity index is 413. The molecule has 1 aromatic rings. The van der Waals surface area contributed by atoms with Crippen LogP contribution in [-0.2, 0) is 0 Å². The highest BCUT2D eigenvalue weighted by Crippen LogP contribution is 2.33. The van der Waals surface area contributed by atoms with Gasteiger partial charge in [0.25, 0.3) is 0 Å². The topological polar surface area (TPSA) is 12.0 Å². The summed E-state index contributed by atoms with van der Waals surface area (Å²) in [7, 11) is 0. The fourth-order valence-corrected chi connectivity index (χ4v) is 3.82. The Hall–Kier alpha value is -0.240. The van der Waals surface area contributed by atoms with Gasteiger partial charge in [0.1, 0.15) is 0 Å². The third-order valence-electron chi connectivity index (χ3n) is 4.38. The summed E-state index contributed by atoms with van der Waals surface area (Å²) in [6, 6.07) is 6.21. The molecule has 1 aromatic carbocycles. The minimum atomic E-state index is 0.353. The predicted octanol–water partition coefficient (Wildman–Crippen LogP) is 6.00. The molecule has 0 amide bonds. The Labute approximate surface area is 133 Å². The Kier molecular flexibility index (Phi) is 6.67. The Morgan fingerprint density at radius 2 is 1.95 bits per heavy atom. The van der Waals surface area contributed by atoms with Gasteiger partial charge in [-0.05, 0) is 43.0 Å². The van der Waals surface area contributed by atoms with E-state index in [1.165, 1.54) is 50.5 Å². The van der Waals surface area contributed by atoms with Crippen molar-refractivity contribution in [3.05, 3.63) is 33.8 Å². The van der Waals surface area contributed by atoms with Crippen LogP contribution in [0.2, 0.25) is 10.0 Å². The summed E-state index contributed by atoms with van der Waals surface area (Å²) in [5.74, 6) is 0.913. The van der Waals surface area contributed by atoms with E-state index >= 15 is 0 Å². The summed E-state index contributed by atoms with van der Waals surface area (Å²) in [4.78, 5) is 0. The lowest BCUT2D eigenvalue weighted by Crippen LogP contribution is -2.22. The number of halogens is 2. The highest BCUT2D eigenvalue weighted by Gasteiger charge is 2.18. The SMILES string of the molecule is CCNC(CCC1CCCCC1)c1ccc(Cl)cc1Cl. The van der Waals surface area contributed by atoms with Crippen LogP contribution >= 0.6 is 23.2 Å². The summed E-state index contributed by atoms with van der Waals surface area (Å²) in [5, 5.41) is 5.07. The van der Waals surface area contributed by atoms with Crippen molar-refractivity contribution in [3.8, 4) is 0 Å². The van der Waals surface area contributed by atoms with Gasteiger partial charge in [0, 0.05) is 16.1 Å². The molecule has 1 atom stereocenters. The van der Waals surface area contributed by atoms with Gasteiger partial charge in [-0.1, -0.05) is 68.3 Å². The molecule has 1 aliphatic carbocycles. The zero-order chi connectivity index (χ0) is 14.4. The number of hydrogen-bond acceptors (Lipinski definition) is 1. The monoisotopic (exact) mass is 313 g/mol. The number of hydrogen-bond donors (Lipinski definition) is 1. The first-order valence-corrected chi connectivity index (χ1v) is 8.64. The Balaban J connectivity index is 1.98. The average molecular weight is 314 g/mol. The van der Waals surface area contributed by atoms with Crippen molar-refractivity contribution in [2.45, 2.75) is 57.9 Å².